The van der Waals surface area contributed by atoms with E-state index in [-0.39, 0.29) is 0 Å². The molecule has 2 nitrogen and oxygen atoms in total. The first kappa shape index (κ1) is 11.4. The van der Waals surface area contributed by atoms with Gasteiger partial charge in [-0.25, -0.2) is 0 Å². The molecule has 0 saturated carbocycles. The Kier molecular flexibility index (Phi) is 4.26. The number of anilines is 1. The second kappa shape index (κ2) is 5.25. The molecule has 0 aliphatic heterocycles. The first-order valence-electron chi connectivity index (χ1n) is 4.21. The molecule has 0 aliphatic rings. The van der Waals surface area contributed by atoms with Crippen molar-refractivity contribution in [1.29, 1.82) is 0 Å². The first-order chi connectivity index (χ1) is 6.66. The molecule has 0 heterocycles. The Labute approximate surface area is 93.7 Å². The third kappa shape index (κ3) is 2.64. The largest absolute Gasteiger partial charge is 0.397 e. The van der Waals surface area contributed by atoms with Gasteiger partial charge in [-0.1, -0.05) is 41.4 Å². The lowest BCUT2D eigenvalue weighted by atomic mass is 10.2. The van der Waals surface area contributed by atoms with Crippen molar-refractivity contribution in [3.63, 3.8) is 0 Å². The lowest BCUT2D eigenvalue weighted by Gasteiger charge is -2.03. The molecule has 0 aliphatic carbocycles. The molecule has 14 heavy (non-hydrogen) atoms. The van der Waals surface area contributed by atoms with E-state index in [0.29, 0.717) is 15.7 Å². The average molecular weight is 231 g/mol. The highest BCUT2D eigenvalue weighted by Gasteiger charge is 2.04. The monoisotopic (exact) mass is 230 g/mol. The number of benzene rings is 1. The van der Waals surface area contributed by atoms with Gasteiger partial charge in [0.1, 0.15) is 0 Å². The summed E-state index contributed by atoms with van der Waals surface area (Å²) in [5.41, 5.74) is 6.97. The third-order valence-electron chi connectivity index (χ3n) is 1.76. The van der Waals surface area contributed by atoms with Crippen molar-refractivity contribution in [2.45, 2.75) is 0 Å². The fraction of sp³-hybridized carbons (Fsp3) is 0.200. The van der Waals surface area contributed by atoms with Crippen LogP contribution in [0, 0.1) is 0 Å². The molecule has 4 heteroatoms. The van der Waals surface area contributed by atoms with E-state index in [1.807, 2.05) is 25.3 Å². The van der Waals surface area contributed by atoms with E-state index in [1.165, 1.54) is 0 Å². The standard InChI is InChI=1S/C10H12Cl2N2/c1-14-6-2-3-7-4-5-8(13)10(12)9(7)11/h2-5,14H,6,13H2,1H3. The van der Waals surface area contributed by atoms with E-state index in [2.05, 4.69) is 5.32 Å². The summed E-state index contributed by atoms with van der Waals surface area (Å²) in [6.45, 7) is 0.790. The molecular formula is C10H12Cl2N2. The molecule has 1 rings (SSSR count). The summed E-state index contributed by atoms with van der Waals surface area (Å²) < 4.78 is 0. The highest BCUT2D eigenvalue weighted by Crippen LogP contribution is 2.31. The Bertz CT molecular complexity index is 348. The number of halogens is 2. The quantitative estimate of drug-likeness (QED) is 0.785. The minimum atomic E-state index is 0.415. The molecule has 0 aromatic heterocycles. The molecule has 0 saturated heterocycles. The molecule has 0 radical (unpaired) electrons. The molecule has 0 spiro atoms. The predicted molar refractivity (Wildman–Crippen MR) is 63.8 cm³/mol. The van der Waals surface area contributed by atoms with Gasteiger partial charge >= 0.3 is 0 Å². The minimum absolute atomic E-state index is 0.415. The molecule has 1 aromatic rings. The van der Waals surface area contributed by atoms with Crippen molar-refractivity contribution in [2.75, 3.05) is 19.3 Å². The van der Waals surface area contributed by atoms with E-state index >= 15 is 0 Å². The van der Waals surface area contributed by atoms with Gasteiger partial charge in [-0.15, -0.1) is 0 Å². The van der Waals surface area contributed by atoms with Crippen LogP contribution >= 0.6 is 23.2 Å². The van der Waals surface area contributed by atoms with E-state index in [9.17, 15) is 0 Å². The van der Waals surface area contributed by atoms with Gasteiger partial charge in [0.15, 0.2) is 0 Å². The number of nitrogen functional groups attached to an aromatic ring is 1. The number of likely N-dealkylation sites (N-methyl/N-ethyl adjacent to an activating group) is 1. The Balaban J connectivity index is 2.94. The molecule has 1 aromatic carbocycles. The van der Waals surface area contributed by atoms with Gasteiger partial charge in [-0.05, 0) is 18.7 Å². The van der Waals surface area contributed by atoms with Crippen molar-refractivity contribution in [2.24, 2.45) is 0 Å². The number of nitrogens with two attached hydrogens (primary N) is 1. The van der Waals surface area contributed by atoms with E-state index in [1.54, 1.807) is 6.07 Å². The van der Waals surface area contributed by atoms with Gasteiger partial charge < -0.3 is 11.1 Å². The maximum atomic E-state index is 5.99. The summed E-state index contributed by atoms with van der Waals surface area (Å²) in [6.07, 6.45) is 3.87. The molecule has 0 fully saturated rings. The summed E-state index contributed by atoms with van der Waals surface area (Å²) in [5.74, 6) is 0. The molecular weight excluding hydrogens is 219 g/mol. The van der Waals surface area contributed by atoms with Gasteiger partial charge in [0.25, 0.3) is 0 Å². The SMILES string of the molecule is CNCC=Cc1ccc(N)c(Cl)c1Cl. The Hall–Kier alpha value is -0.700. The normalized spacial score (nSPS) is 11.1. The van der Waals surface area contributed by atoms with Crippen molar-refractivity contribution in [3.05, 3.63) is 33.8 Å². The highest BCUT2D eigenvalue weighted by molar-refractivity contribution is 6.44. The molecule has 3 N–H and O–H groups in total. The predicted octanol–water partition coefficient (Wildman–Crippen LogP) is 2.81. The van der Waals surface area contributed by atoms with Gasteiger partial charge in [-0.2, -0.15) is 0 Å². The van der Waals surface area contributed by atoms with Crippen LogP contribution in [0.3, 0.4) is 0 Å². The van der Waals surface area contributed by atoms with Crippen molar-refractivity contribution < 1.29 is 0 Å². The van der Waals surface area contributed by atoms with Crippen LogP contribution in [-0.4, -0.2) is 13.6 Å². The van der Waals surface area contributed by atoms with E-state index in [4.69, 9.17) is 28.9 Å². The van der Waals surface area contributed by atoms with Crippen molar-refractivity contribution >= 4 is 35.0 Å². The van der Waals surface area contributed by atoms with Crippen LogP contribution in [0.5, 0.6) is 0 Å². The summed E-state index contributed by atoms with van der Waals surface area (Å²) in [4.78, 5) is 0. The fourth-order valence-corrected chi connectivity index (χ4v) is 1.42. The van der Waals surface area contributed by atoms with Crippen LogP contribution in [0.4, 0.5) is 5.69 Å². The summed E-state index contributed by atoms with van der Waals surface area (Å²) in [6, 6.07) is 3.59. The van der Waals surface area contributed by atoms with Crippen LogP contribution in [0.2, 0.25) is 10.0 Å². The van der Waals surface area contributed by atoms with Gasteiger partial charge in [0.05, 0.1) is 15.7 Å². The number of nitrogens with one attached hydrogen (secondary N) is 1. The first-order valence-corrected chi connectivity index (χ1v) is 4.97. The summed E-state index contributed by atoms with van der Waals surface area (Å²) in [5, 5.41) is 3.91. The summed E-state index contributed by atoms with van der Waals surface area (Å²) in [7, 11) is 1.88. The second-order valence-corrected chi connectivity index (χ2v) is 3.59. The van der Waals surface area contributed by atoms with Crippen LogP contribution in [-0.2, 0) is 0 Å². The zero-order valence-corrected chi connectivity index (χ0v) is 9.36. The summed E-state index contributed by atoms with van der Waals surface area (Å²) >= 11 is 11.9. The van der Waals surface area contributed by atoms with E-state index in [0.717, 1.165) is 12.1 Å². The average Bonchev–Trinajstić information content (AvgIpc) is 2.18. The zero-order chi connectivity index (χ0) is 10.6. The fourth-order valence-electron chi connectivity index (χ4n) is 1.01. The number of rotatable bonds is 3. The Morgan fingerprint density at radius 2 is 2.07 bits per heavy atom. The Morgan fingerprint density at radius 1 is 1.36 bits per heavy atom. The Morgan fingerprint density at radius 3 is 2.71 bits per heavy atom. The van der Waals surface area contributed by atoms with Crippen molar-refractivity contribution in [3.8, 4) is 0 Å². The van der Waals surface area contributed by atoms with Crippen LogP contribution < -0.4 is 11.1 Å². The smallest absolute Gasteiger partial charge is 0.0827 e. The van der Waals surface area contributed by atoms with Crippen LogP contribution in [0.25, 0.3) is 6.08 Å². The highest BCUT2D eigenvalue weighted by atomic mass is 35.5. The van der Waals surface area contributed by atoms with Gasteiger partial charge in [0, 0.05) is 6.54 Å². The maximum Gasteiger partial charge on any atom is 0.0827 e. The van der Waals surface area contributed by atoms with Gasteiger partial charge in [0.2, 0.25) is 0 Å². The van der Waals surface area contributed by atoms with E-state index < -0.39 is 0 Å². The number of hydrogen-bond acceptors (Lipinski definition) is 2. The topological polar surface area (TPSA) is 38.0 Å². The minimum Gasteiger partial charge on any atom is -0.397 e. The molecule has 76 valence electrons. The molecule has 0 amide bonds. The lowest BCUT2D eigenvalue weighted by molar-refractivity contribution is 0.922. The van der Waals surface area contributed by atoms with Crippen LogP contribution in [0.1, 0.15) is 5.56 Å². The van der Waals surface area contributed by atoms with Crippen molar-refractivity contribution in [1.82, 2.24) is 5.32 Å². The lowest BCUT2D eigenvalue weighted by Crippen LogP contribution is -2.03. The maximum absolute atomic E-state index is 5.99. The van der Waals surface area contributed by atoms with Gasteiger partial charge in [-0.3, -0.25) is 0 Å². The second-order valence-electron chi connectivity index (χ2n) is 2.83. The van der Waals surface area contributed by atoms with Crippen LogP contribution in [0.15, 0.2) is 18.2 Å². The zero-order valence-electron chi connectivity index (χ0n) is 7.85. The molecule has 0 atom stereocenters. The third-order valence-corrected chi connectivity index (χ3v) is 2.67. The molecule has 0 bridgehead atoms. The number of hydrogen-bond donors (Lipinski definition) is 2. The molecule has 0 unspecified atom stereocenters.